The standard InChI is InChI=1S/C17H13F2N3O2/c1-11(24-14-5-2-12(9-20)3-6-14)17(23)22-21-10-13-4-7-15(18)16(19)8-13/h2-8,10-11H,1H3,(H,22,23)/b21-10+. The fourth-order valence-corrected chi connectivity index (χ4v) is 1.72. The Bertz CT molecular complexity index is 798. The molecule has 1 amide bonds. The number of carbonyl (C=O) groups excluding carboxylic acids is 1. The summed E-state index contributed by atoms with van der Waals surface area (Å²) in [6, 6.07) is 11.5. The molecule has 2 rings (SSSR count). The first-order valence-corrected chi connectivity index (χ1v) is 6.94. The lowest BCUT2D eigenvalue weighted by molar-refractivity contribution is -0.127. The summed E-state index contributed by atoms with van der Waals surface area (Å²) in [6.07, 6.45) is 0.356. The van der Waals surface area contributed by atoms with Crippen LogP contribution < -0.4 is 10.2 Å². The van der Waals surface area contributed by atoms with Crippen molar-refractivity contribution in [3.63, 3.8) is 0 Å². The molecule has 122 valence electrons. The van der Waals surface area contributed by atoms with E-state index in [0.717, 1.165) is 12.1 Å². The van der Waals surface area contributed by atoms with Crippen molar-refractivity contribution in [3.05, 3.63) is 65.2 Å². The minimum Gasteiger partial charge on any atom is -0.481 e. The average molecular weight is 329 g/mol. The van der Waals surface area contributed by atoms with Crippen LogP contribution in [0.1, 0.15) is 18.1 Å². The fraction of sp³-hybridized carbons (Fsp3) is 0.118. The molecule has 0 fully saturated rings. The van der Waals surface area contributed by atoms with E-state index in [0.29, 0.717) is 16.9 Å². The Morgan fingerprint density at radius 3 is 2.58 bits per heavy atom. The number of amides is 1. The SMILES string of the molecule is CC(Oc1ccc(C#N)cc1)C(=O)N/N=C/c1ccc(F)c(F)c1. The molecule has 0 aromatic heterocycles. The second kappa shape index (κ2) is 7.83. The third kappa shape index (κ3) is 4.61. The van der Waals surface area contributed by atoms with Crippen molar-refractivity contribution >= 4 is 12.1 Å². The predicted molar refractivity (Wildman–Crippen MR) is 83.3 cm³/mol. The molecule has 0 radical (unpaired) electrons. The summed E-state index contributed by atoms with van der Waals surface area (Å²) < 4.78 is 31.2. The lowest BCUT2D eigenvalue weighted by Gasteiger charge is -2.12. The summed E-state index contributed by atoms with van der Waals surface area (Å²) in [5.74, 6) is -2.04. The zero-order valence-corrected chi connectivity index (χ0v) is 12.7. The number of benzene rings is 2. The van der Waals surface area contributed by atoms with Gasteiger partial charge in [-0.05, 0) is 48.9 Å². The van der Waals surface area contributed by atoms with E-state index in [1.54, 1.807) is 24.3 Å². The van der Waals surface area contributed by atoms with Crippen LogP contribution >= 0.6 is 0 Å². The highest BCUT2D eigenvalue weighted by atomic mass is 19.2. The first-order valence-electron chi connectivity index (χ1n) is 6.94. The van der Waals surface area contributed by atoms with Crippen LogP contribution in [0.4, 0.5) is 8.78 Å². The molecule has 7 heteroatoms. The van der Waals surface area contributed by atoms with Crippen molar-refractivity contribution in [3.8, 4) is 11.8 Å². The largest absolute Gasteiger partial charge is 0.481 e. The molecule has 2 aromatic rings. The van der Waals surface area contributed by atoms with Crippen LogP contribution in [0, 0.1) is 23.0 Å². The van der Waals surface area contributed by atoms with Gasteiger partial charge in [0.25, 0.3) is 5.91 Å². The average Bonchev–Trinajstić information content (AvgIpc) is 2.58. The third-order valence-electron chi connectivity index (χ3n) is 3.00. The van der Waals surface area contributed by atoms with Crippen molar-refractivity contribution in [2.45, 2.75) is 13.0 Å². The Morgan fingerprint density at radius 1 is 1.25 bits per heavy atom. The van der Waals surface area contributed by atoms with Gasteiger partial charge in [0, 0.05) is 0 Å². The van der Waals surface area contributed by atoms with E-state index in [1.807, 2.05) is 6.07 Å². The molecule has 0 spiro atoms. The van der Waals surface area contributed by atoms with Crippen molar-refractivity contribution in [1.82, 2.24) is 5.43 Å². The molecule has 24 heavy (non-hydrogen) atoms. The highest BCUT2D eigenvalue weighted by Crippen LogP contribution is 2.13. The molecule has 0 bridgehead atoms. The highest BCUT2D eigenvalue weighted by molar-refractivity contribution is 5.84. The van der Waals surface area contributed by atoms with Crippen LogP contribution in [-0.2, 0) is 4.79 Å². The Hall–Kier alpha value is -3.27. The van der Waals surface area contributed by atoms with Gasteiger partial charge in [-0.15, -0.1) is 0 Å². The van der Waals surface area contributed by atoms with Gasteiger partial charge in [-0.25, -0.2) is 14.2 Å². The number of hydrogen-bond donors (Lipinski definition) is 1. The van der Waals surface area contributed by atoms with Crippen molar-refractivity contribution in [1.29, 1.82) is 5.26 Å². The molecular weight excluding hydrogens is 316 g/mol. The van der Waals surface area contributed by atoms with Crippen molar-refractivity contribution in [2.75, 3.05) is 0 Å². The number of hydrazone groups is 1. The number of carbonyl (C=O) groups is 1. The zero-order valence-electron chi connectivity index (χ0n) is 12.7. The second-order valence-corrected chi connectivity index (χ2v) is 4.80. The Labute approximate surface area is 137 Å². The number of halogens is 2. The summed E-state index contributed by atoms with van der Waals surface area (Å²) in [4.78, 5) is 11.8. The van der Waals surface area contributed by atoms with E-state index in [4.69, 9.17) is 10.00 Å². The van der Waals surface area contributed by atoms with Crippen LogP contribution in [0.25, 0.3) is 0 Å². The number of nitriles is 1. The third-order valence-corrected chi connectivity index (χ3v) is 3.00. The summed E-state index contributed by atoms with van der Waals surface area (Å²) in [5, 5.41) is 12.4. The summed E-state index contributed by atoms with van der Waals surface area (Å²) in [5.41, 5.74) is 3.03. The van der Waals surface area contributed by atoms with Crippen LogP contribution in [0.15, 0.2) is 47.6 Å². The molecule has 0 saturated carbocycles. The van der Waals surface area contributed by atoms with Crippen LogP contribution in [-0.4, -0.2) is 18.2 Å². The first kappa shape index (κ1) is 17.1. The summed E-state index contributed by atoms with van der Waals surface area (Å²) in [7, 11) is 0. The zero-order chi connectivity index (χ0) is 17.5. The molecule has 5 nitrogen and oxygen atoms in total. The molecule has 0 aliphatic heterocycles. The number of ether oxygens (including phenoxy) is 1. The van der Waals surface area contributed by atoms with Crippen LogP contribution in [0.5, 0.6) is 5.75 Å². The van der Waals surface area contributed by atoms with Gasteiger partial charge in [0.05, 0.1) is 17.8 Å². The van der Waals surface area contributed by atoms with Crippen LogP contribution in [0.3, 0.4) is 0 Å². The smallest absolute Gasteiger partial charge is 0.280 e. The second-order valence-electron chi connectivity index (χ2n) is 4.80. The maximum Gasteiger partial charge on any atom is 0.280 e. The molecule has 1 atom stereocenters. The molecule has 0 aliphatic rings. The Kier molecular flexibility index (Phi) is 5.58. The van der Waals surface area contributed by atoms with E-state index >= 15 is 0 Å². The fourth-order valence-electron chi connectivity index (χ4n) is 1.72. The molecule has 0 aliphatic carbocycles. The van der Waals surface area contributed by atoms with Gasteiger partial charge in [0.1, 0.15) is 5.75 Å². The van der Waals surface area contributed by atoms with E-state index in [2.05, 4.69) is 10.5 Å². The topological polar surface area (TPSA) is 74.5 Å². The lowest BCUT2D eigenvalue weighted by Crippen LogP contribution is -2.33. The van der Waals surface area contributed by atoms with E-state index in [1.165, 1.54) is 19.2 Å². The maximum atomic E-state index is 13.0. The van der Waals surface area contributed by atoms with Gasteiger partial charge >= 0.3 is 0 Å². The minimum absolute atomic E-state index is 0.301. The van der Waals surface area contributed by atoms with Crippen LogP contribution in [0.2, 0.25) is 0 Å². The molecule has 2 aromatic carbocycles. The van der Waals surface area contributed by atoms with Crippen molar-refractivity contribution < 1.29 is 18.3 Å². The number of nitrogens with one attached hydrogen (secondary N) is 1. The van der Waals surface area contributed by atoms with Gasteiger partial charge in [-0.3, -0.25) is 4.79 Å². The van der Waals surface area contributed by atoms with Gasteiger partial charge in [-0.2, -0.15) is 10.4 Å². The van der Waals surface area contributed by atoms with E-state index in [9.17, 15) is 13.6 Å². The molecule has 0 saturated heterocycles. The van der Waals surface area contributed by atoms with Gasteiger partial charge in [0.15, 0.2) is 17.7 Å². The van der Waals surface area contributed by atoms with Crippen molar-refractivity contribution in [2.24, 2.45) is 5.10 Å². The molecule has 1 unspecified atom stereocenters. The highest BCUT2D eigenvalue weighted by Gasteiger charge is 2.13. The molecule has 0 heterocycles. The van der Waals surface area contributed by atoms with Gasteiger partial charge < -0.3 is 4.74 Å². The summed E-state index contributed by atoms with van der Waals surface area (Å²) in [6.45, 7) is 1.53. The minimum atomic E-state index is -0.997. The first-order chi connectivity index (χ1) is 11.5. The molecule has 1 N–H and O–H groups in total. The predicted octanol–water partition coefficient (Wildman–Crippen LogP) is 2.75. The Morgan fingerprint density at radius 2 is 1.96 bits per heavy atom. The lowest BCUT2D eigenvalue weighted by atomic mass is 10.2. The quantitative estimate of drug-likeness (QED) is 0.677. The van der Waals surface area contributed by atoms with Gasteiger partial charge in [0.2, 0.25) is 0 Å². The molecular formula is C17H13F2N3O2. The monoisotopic (exact) mass is 329 g/mol. The number of hydrogen-bond acceptors (Lipinski definition) is 4. The van der Waals surface area contributed by atoms with E-state index < -0.39 is 23.6 Å². The normalized spacial score (nSPS) is 11.8. The van der Waals surface area contributed by atoms with Gasteiger partial charge in [-0.1, -0.05) is 6.07 Å². The Balaban J connectivity index is 1.89. The van der Waals surface area contributed by atoms with E-state index in [-0.39, 0.29) is 0 Å². The number of rotatable bonds is 5. The maximum absolute atomic E-state index is 13.0. The number of nitrogens with zero attached hydrogens (tertiary/aromatic N) is 2. The summed E-state index contributed by atoms with van der Waals surface area (Å²) >= 11 is 0.